The summed E-state index contributed by atoms with van der Waals surface area (Å²) in [5, 5.41) is 3.00. The Morgan fingerprint density at radius 1 is 1.24 bits per heavy atom. The van der Waals surface area contributed by atoms with Crippen LogP contribution >= 0.6 is 15.9 Å². The summed E-state index contributed by atoms with van der Waals surface area (Å²) in [5.74, 6) is 0.0273. The molecule has 2 aromatic rings. The molecule has 0 aliphatic heterocycles. The van der Waals surface area contributed by atoms with Gasteiger partial charge in [-0.15, -0.1) is 0 Å². The first-order valence-corrected chi connectivity index (χ1v) is 7.61. The van der Waals surface area contributed by atoms with Gasteiger partial charge in [0.25, 0.3) is 0 Å². The predicted octanol–water partition coefficient (Wildman–Crippen LogP) is 3.41. The number of nitrogens with two attached hydrogens (primary N) is 1. The average molecular weight is 346 g/mol. The van der Waals surface area contributed by atoms with Crippen molar-refractivity contribution in [2.24, 2.45) is 0 Å². The minimum absolute atomic E-state index is 0.0273. The second-order valence-corrected chi connectivity index (χ2v) is 6.24. The molecule has 4 nitrogen and oxygen atoms in total. The number of carbonyl (C=O) groups excluding carboxylic acids is 1. The Bertz CT molecular complexity index is 693. The van der Waals surface area contributed by atoms with Crippen LogP contribution in [0.25, 0.3) is 0 Å². The Morgan fingerprint density at radius 3 is 2.48 bits per heavy atom. The average Bonchev–Trinajstić information content (AvgIpc) is 3.24. The van der Waals surface area contributed by atoms with Gasteiger partial charge in [-0.2, -0.15) is 0 Å². The molecule has 21 heavy (non-hydrogen) atoms. The molecule has 0 atom stereocenters. The van der Waals surface area contributed by atoms with Crippen LogP contribution in [0.5, 0.6) is 0 Å². The van der Waals surface area contributed by atoms with Crippen molar-refractivity contribution >= 4 is 33.2 Å². The van der Waals surface area contributed by atoms with E-state index in [4.69, 9.17) is 5.73 Å². The molecule has 0 radical (unpaired) electrons. The third-order valence-electron chi connectivity index (χ3n) is 3.95. The summed E-state index contributed by atoms with van der Waals surface area (Å²) < 4.78 is 0.762. The molecule has 108 valence electrons. The number of hydrogen-bond donors (Lipinski definition) is 2. The molecular formula is C16H16BrN3O. The van der Waals surface area contributed by atoms with Crippen LogP contribution in [-0.4, -0.2) is 10.9 Å². The van der Waals surface area contributed by atoms with Crippen molar-refractivity contribution in [1.29, 1.82) is 0 Å². The monoisotopic (exact) mass is 345 g/mol. The summed E-state index contributed by atoms with van der Waals surface area (Å²) in [4.78, 5) is 16.9. The summed E-state index contributed by atoms with van der Waals surface area (Å²) >= 11 is 3.32. The topological polar surface area (TPSA) is 68.0 Å². The molecule has 3 rings (SSSR count). The molecule has 1 aliphatic rings. The normalized spacial score (nSPS) is 15.5. The summed E-state index contributed by atoms with van der Waals surface area (Å²) in [6, 6.07) is 11.3. The van der Waals surface area contributed by atoms with Crippen molar-refractivity contribution in [3.63, 3.8) is 0 Å². The molecular weight excluding hydrogens is 330 g/mol. The van der Waals surface area contributed by atoms with E-state index in [0.29, 0.717) is 5.69 Å². The van der Waals surface area contributed by atoms with E-state index in [9.17, 15) is 4.79 Å². The number of nitrogens with zero attached hydrogens (tertiary/aromatic N) is 1. The zero-order chi connectivity index (χ0) is 15.0. The summed E-state index contributed by atoms with van der Waals surface area (Å²) in [7, 11) is 0. The first kappa shape index (κ1) is 14.1. The van der Waals surface area contributed by atoms with Gasteiger partial charge in [-0.3, -0.25) is 4.79 Å². The molecule has 1 saturated carbocycles. The number of halogens is 1. The number of nitrogen functional groups attached to an aromatic ring is 1. The SMILES string of the molecule is Cc1nc(Br)ccc1NC(=O)C1(c2ccc(N)cc2)CC1. The van der Waals surface area contributed by atoms with Gasteiger partial charge in [-0.1, -0.05) is 12.1 Å². The van der Waals surface area contributed by atoms with Crippen molar-refractivity contribution in [2.45, 2.75) is 25.2 Å². The van der Waals surface area contributed by atoms with Crippen LogP contribution in [0.1, 0.15) is 24.1 Å². The van der Waals surface area contributed by atoms with Gasteiger partial charge >= 0.3 is 0 Å². The first-order chi connectivity index (χ1) is 10.0. The second kappa shape index (κ2) is 5.15. The number of rotatable bonds is 3. The number of amides is 1. The standard InChI is InChI=1S/C16H16BrN3O/c1-10-13(6-7-14(17)19-10)20-15(21)16(8-9-16)11-2-4-12(18)5-3-11/h2-7H,8-9,18H2,1H3,(H,20,21). The number of hydrogen-bond acceptors (Lipinski definition) is 3. The van der Waals surface area contributed by atoms with Gasteiger partial charge in [-0.25, -0.2) is 4.98 Å². The maximum atomic E-state index is 12.6. The number of aryl methyl sites for hydroxylation is 1. The molecule has 0 bridgehead atoms. The molecule has 1 aromatic carbocycles. The lowest BCUT2D eigenvalue weighted by atomic mass is 9.94. The van der Waals surface area contributed by atoms with Crippen LogP contribution in [0.3, 0.4) is 0 Å². The van der Waals surface area contributed by atoms with E-state index in [2.05, 4.69) is 26.2 Å². The van der Waals surface area contributed by atoms with E-state index in [1.165, 1.54) is 0 Å². The smallest absolute Gasteiger partial charge is 0.235 e. The zero-order valence-corrected chi connectivity index (χ0v) is 13.3. The Balaban J connectivity index is 1.83. The Labute approximate surface area is 131 Å². The van der Waals surface area contributed by atoms with Crippen LogP contribution in [0.2, 0.25) is 0 Å². The highest BCUT2D eigenvalue weighted by Crippen LogP contribution is 2.49. The minimum Gasteiger partial charge on any atom is -0.399 e. The third-order valence-corrected chi connectivity index (χ3v) is 4.39. The van der Waals surface area contributed by atoms with Gasteiger partial charge in [0.2, 0.25) is 5.91 Å². The lowest BCUT2D eigenvalue weighted by Gasteiger charge is -2.17. The number of anilines is 2. The number of aromatic nitrogens is 1. The molecule has 0 saturated heterocycles. The summed E-state index contributed by atoms with van der Waals surface area (Å²) in [6.07, 6.45) is 1.73. The van der Waals surface area contributed by atoms with Crippen molar-refractivity contribution in [1.82, 2.24) is 4.98 Å². The van der Waals surface area contributed by atoms with E-state index >= 15 is 0 Å². The lowest BCUT2D eigenvalue weighted by molar-refractivity contribution is -0.118. The van der Waals surface area contributed by atoms with Gasteiger partial charge in [0, 0.05) is 5.69 Å². The van der Waals surface area contributed by atoms with Crippen molar-refractivity contribution in [3.8, 4) is 0 Å². The maximum absolute atomic E-state index is 12.6. The minimum atomic E-state index is -0.410. The van der Waals surface area contributed by atoms with E-state index in [-0.39, 0.29) is 5.91 Å². The van der Waals surface area contributed by atoms with Gasteiger partial charge in [-0.05, 0) is 65.5 Å². The molecule has 1 heterocycles. The molecule has 0 spiro atoms. The zero-order valence-electron chi connectivity index (χ0n) is 11.7. The van der Waals surface area contributed by atoms with Gasteiger partial charge in [0.05, 0.1) is 16.8 Å². The molecule has 3 N–H and O–H groups in total. The van der Waals surface area contributed by atoms with Crippen LogP contribution in [0.15, 0.2) is 41.0 Å². The van der Waals surface area contributed by atoms with E-state index < -0.39 is 5.41 Å². The van der Waals surface area contributed by atoms with Crippen molar-refractivity contribution in [3.05, 3.63) is 52.3 Å². The van der Waals surface area contributed by atoms with Crippen LogP contribution in [-0.2, 0) is 10.2 Å². The Hall–Kier alpha value is -1.88. The van der Waals surface area contributed by atoms with Crippen LogP contribution < -0.4 is 11.1 Å². The number of carbonyl (C=O) groups is 1. The Kier molecular flexibility index (Phi) is 3.45. The highest BCUT2D eigenvalue weighted by molar-refractivity contribution is 9.10. The highest BCUT2D eigenvalue weighted by atomic mass is 79.9. The molecule has 1 amide bonds. The van der Waals surface area contributed by atoms with Gasteiger partial charge in [0.1, 0.15) is 4.60 Å². The highest BCUT2D eigenvalue weighted by Gasteiger charge is 2.51. The van der Waals surface area contributed by atoms with E-state index in [0.717, 1.165) is 34.4 Å². The van der Waals surface area contributed by atoms with Crippen molar-refractivity contribution < 1.29 is 4.79 Å². The van der Waals surface area contributed by atoms with Crippen molar-refractivity contribution in [2.75, 3.05) is 11.1 Å². The van der Waals surface area contributed by atoms with Crippen LogP contribution in [0, 0.1) is 6.92 Å². The Morgan fingerprint density at radius 2 is 1.90 bits per heavy atom. The van der Waals surface area contributed by atoms with E-state index in [1.807, 2.05) is 43.3 Å². The molecule has 1 fully saturated rings. The molecule has 0 unspecified atom stereocenters. The quantitative estimate of drug-likeness (QED) is 0.661. The lowest BCUT2D eigenvalue weighted by Crippen LogP contribution is -2.28. The van der Waals surface area contributed by atoms with E-state index in [1.54, 1.807) is 0 Å². The predicted molar refractivity (Wildman–Crippen MR) is 87.1 cm³/mol. The molecule has 1 aromatic heterocycles. The number of pyridine rings is 1. The first-order valence-electron chi connectivity index (χ1n) is 6.82. The summed E-state index contributed by atoms with van der Waals surface area (Å²) in [5.41, 5.74) is 8.59. The second-order valence-electron chi connectivity index (χ2n) is 5.43. The fourth-order valence-corrected chi connectivity index (χ4v) is 2.88. The number of nitrogens with one attached hydrogen (secondary N) is 1. The molecule has 5 heteroatoms. The third kappa shape index (κ3) is 2.65. The molecule has 1 aliphatic carbocycles. The summed E-state index contributed by atoms with van der Waals surface area (Å²) in [6.45, 7) is 1.88. The maximum Gasteiger partial charge on any atom is 0.235 e. The fourth-order valence-electron chi connectivity index (χ4n) is 2.48. The van der Waals surface area contributed by atoms with Crippen LogP contribution in [0.4, 0.5) is 11.4 Å². The largest absolute Gasteiger partial charge is 0.399 e. The number of benzene rings is 1. The van der Waals surface area contributed by atoms with Gasteiger partial charge in [0.15, 0.2) is 0 Å². The fraction of sp³-hybridized carbons (Fsp3) is 0.250. The van der Waals surface area contributed by atoms with Gasteiger partial charge < -0.3 is 11.1 Å².